The second kappa shape index (κ2) is 3.53. The SMILES string of the molecule is OCCC(F)(F)c1ccc(Br)o1. The molecule has 0 amide bonds. The molecule has 0 aromatic carbocycles. The minimum atomic E-state index is -3.08. The molecular weight excluding hydrogens is 234 g/mol. The first-order chi connectivity index (χ1) is 5.56. The van der Waals surface area contributed by atoms with Crippen LogP contribution in [0, 0.1) is 0 Å². The van der Waals surface area contributed by atoms with Crippen LogP contribution in [0.1, 0.15) is 12.2 Å². The first-order valence-electron chi connectivity index (χ1n) is 3.31. The van der Waals surface area contributed by atoms with Crippen molar-refractivity contribution in [1.82, 2.24) is 0 Å². The third-order valence-corrected chi connectivity index (χ3v) is 1.79. The lowest BCUT2D eigenvalue weighted by molar-refractivity contribution is -0.0465. The fraction of sp³-hybridized carbons (Fsp3) is 0.429. The van der Waals surface area contributed by atoms with Crippen LogP contribution in [0.2, 0.25) is 0 Å². The van der Waals surface area contributed by atoms with Gasteiger partial charge >= 0.3 is 5.92 Å². The molecule has 0 aliphatic heterocycles. The van der Waals surface area contributed by atoms with Gasteiger partial charge in [0.2, 0.25) is 0 Å². The monoisotopic (exact) mass is 240 g/mol. The zero-order valence-electron chi connectivity index (χ0n) is 6.06. The normalized spacial score (nSPS) is 12.0. The second-order valence-electron chi connectivity index (χ2n) is 2.28. The molecule has 1 N–H and O–H groups in total. The van der Waals surface area contributed by atoms with Gasteiger partial charge < -0.3 is 9.52 Å². The van der Waals surface area contributed by atoms with Gasteiger partial charge in [0.05, 0.1) is 0 Å². The average Bonchev–Trinajstić information content (AvgIpc) is 2.36. The molecule has 0 fully saturated rings. The molecule has 5 heteroatoms. The Morgan fingerprint density at radius 1 is 1.50 bits per heavy atom. The Morgan fingerprint density at radius 3 is 2.58 bits per heavy atom. The van der Waals surface area contributed by atoms with Crippen LogP contribution in [-0.2, 0) is 5.92 Å². The van der Waals surface area contributed by atoms with Gasteiger partial charge in [-0.2, -0.15) is 8.78 Å². The quantitative estimate of drug-likeness (QED) is 0.881. The summed E-state index contributed by atoms with van der Waals surface area (Å²) in [6.45, 7) is -0.564. The van der Waals surface area contributed by atoms with Gasteiger partial charge in [-0.05, 0) is 28.1 Å². The van der Waals surface area contributed by atoms with Crippen LogP contribution in [0.5, 0.6) is 0 Å². The number of aliphatic hydroxyl groups is 1. The Balaban J connectivity index is 2.81. The topological polar surface area (TPSA) is 33.4 Å². The Bertz CT molecular complexity index is 260. The molecule has 12 heavy (non-hydrogen) atoms. The highest BCUT2D eigenvalue weighted by atomic mass is 79.9. The highest BCUT2D eigenvalue weighted by molar-refractivity contribution is 9.10. The predicted molar refractivity (Wildman–Crippen MR) is 42.0 cm³/mol. The summed E-state index contributed by atoms with van der Waals surface area (Å²) in [5.41, 5.74) is 0. The summed E-state index contributed by atoms with van der Waals surface area (Å²) < 4.78 is 30.7. The standard InChI is InChI=1S/C7H7BrF2O2/c8-6-2-1-5(12-6)7(9,10)3-4-11/h1-2,11H,3-4H2. The molecule has 0 spiro atoms. The molecule has 0 aliphatic rings. The first kappa shape index (κ1) is 9.67. The van der Waals surface area contributed by atoms with Gasteiger partial charge in [-0.1, -0.05) is 0 Å². The Hall–Kier alpha value is -0.420. The Labute approximate surface area is 76.3 Å². The molecule has 0 atom stereocenters. The first-order valence-corrected chi connectivity index (χ1v) is 4.10. The molecule has 0 radical (unpaired) electrons. The average molecular weight is 241 g/mol. The van der Waals surface area contributed by atoms with Crippen molar-refractivity contribution < 1.29 is 18.3 Å². The van der Waals surface area contributed by atoms with E-state index in [-0.39, 0.29) is 4.67 Å². The third-order valence-electron chi connectivity index (χ3n) is 1.36. The summed E-state index contributed by atoms with van der Waals surface area (Å²) in [7, 11) is 0. The van der Waals surface area contributed by atoms with Gasteiger partial charge in [-0.3, -0.25) is 0 Å². The molecule has 0 bridgehead atoms. The van der Waals surface area contributed by atoms with E-state index in [1.54, 1.807) is 0 Å². The van der Waals surface area contributed by atoms with Crippen LogP contribution in [0.15, 0.2) is 21.2 Å². The van der Waals surface area contributed by atoms with Crippen molar-refractivity contribution in [2.24, 2.45) is 0 Å². The van der Waals surface area contributed by atoms with Crippen molar-refractivity contribution in [3.8, 4) is 0 Å². The van der Waals surface area contributed by atoms with Crippen molar-refractivity contribution in [3.05, 3.63) is 22.6 Å². The second-order valence-corrected chi connectivity index (χ2v) is 3.06. The zero-order chi connectivity index (χ0) is 9.19. The van der Waals surface area contributed by atoms with Crippen molar-refractivity contribution in [2.75, 3.05) is 6.61 Å². The fourth-order valence-electron chi connectivity index (χ4n) is 0.774. The molecule has 0 saturated carbocycles. The van der Waals surface area contributed by atoms with Crippen LogP contribution in [0.3, 0.4) is 0 Å². The highest BCUT2D eigenvalue weighted by Gasteiger charge is 2.34. The van der Waals surface area contributed by atoms with Gasteiger partial charge in [0.25, 0.3) is 0 Å². The largest absolute Gasteiger partial charge is 0.448 e. The minimum absolute atomic E-state index is 0.259. The van der Waals surface area contributed by atoms with Gasteiger partial charge in [-0.25, -0.2) is 0 Å². The zero-order valence-corrected chi connectivity index (χ0v) is 7.64. The van der Waals surface area contributed by atoms with E-state index in [4.69, 9.17) is 5.11 Å². The predicted octanol–water partition coefficient (Wildman–Crippen LogP) is 2.52. The minimum Gasteiger partial charge on any atom is -0.448 e. The van der Waals surface area contributed by atoms with Gasteiger partial charge in [-0.15, -0.1) is 0 Å². The molecule has 68 valence electrons. The lowest BCUT2D eigenvalue weighted by Crippen LogP contribution is -2.13. The molecule has 1 heterocycles. The van der Waals surface area contributed by atoms with E-state index in [0.29, 0.717) is 0 Å². The molecule has 2 nitrogen and oxygen atoms in total. The summed E-state index contributed by atoms with van der Waals surface area (Å²) in [6.07, 6.45) is -0.618. The molecule has 1 rings (SSSR count). The van der Waals surface area contributed by atoms with Crippen molar-refractivity contribution in [3.63, 3.8) is 0 Å². The van der Waals surface area contributed by atoms with E-state index in [2.05, 4.69) is 20.3 Å². The summed E-state index contributed by atoms with van der Waals surface area (Å²) in [5.74, 6) is -3.51. The van der Waals surface area contributed by atoms with Gasteiger partial charge in [0.1, 0.15) is 0 Å². The number of halogens is 3. The molecule has 0 aliphatic carbocycles. The summed E-state index contributed by atoms with van der Waals surface area (Å²) in [6, 6.07) is 2.57. The van der Waals surface area contributed by atoms with Crippen LogP contribution >= 0.6 is 15.9 Å². The molecule has 0 unspecified atom stereocenters. The number of hydrogen-bond acceptors (Lipinski definition) is 2. The summed E-state index contributed by atoms with van der Waals surface area (Å²) >= 11 is 2.91. The van der Waals surface area contributed by atoms with E-state index >= 15 is 0 Å². The molecule has 1 aromatic rings. The maximum atomic E-state index is 12.9. The fourth-order valence-corrected chi connectivity index (χ4v) is 1.08. The van der Waals surface area contributed by atoms with Crippen molar-refractivity contribution >= 4 is 15.9 Å². The smallest absolute Gasteiger partial charge is 0.306 e. The molecule has 0 saturated heterocycles. The number of alkyl halides is 2. The lowest BCUT2D eigenvalue weighted by atomic mass is 10.2. The van der Waals surface area contributed by atoms with Gasteiger partial charge in [0, 0.05) is 13.0 Å². The van der Waals surface area contributed by atoms with E-state index in [1.807, 2.05) is 0 Å². The van der Waals surface area contributed by atoms with Crippen LogP contribution in [0.25, 0.3) is 0 Å². The number of rotatable bonds is 3. The van der Waals surface area contributed by atoms with E-state index in [9.17, 15) is 8.78 Å². The molecule has 1 aromatic heterocycles. The van der Waals surface area contributed by atoms with E-state index in [0.717, 1.165) is 0 Å². The Kier molecular flexibility index (Phi) is 2.85. The third kappa shape index (κ3) is 2.04. The van der Waals surface area contributed by atoms with Crippen molar-refractivity contribution in [1.29, 1.82) is 0 Å². The number of aliphatic hydroxyl groups excluding tert-OH is 1. The van der Waals surface area contributed by atoms with Crippen LogP contribution in [0.4, 0.5) is 8.78 Å². The van der Waals surface area contributed by atoms with Crippen LogP contribution < -0.4 is 0 Å². The van der Waals surface area contributed by atoms with E-state index in [1.165, 1.54) is 12.1 Å². The highest BCUT2D eigenvalue weighted by Crippen LogP contribution is 2.33. The molecular formula is C7H7BrF2O2. The summed E-state index contributed by atoms with van der Waals surface area (Å²) in [5, 5.41) is 8.34. The Morgan fingerprint density at radius 2 is 2.17 bits per heavy atom. The number of hydrogen-bond donors (Lipinski definition) is 1. The number of furan rings is 1. The maximum Gasteiger partial charge on any atom is 0.306 e. The lowest BCUT2D eigenvalue weighted by Gasteiger charge is -2.10. The summed E-state index contributed by atoms with van der Waals surface area (Å²) in [4.78, 5) is 0. The van der Waals surface area contributed by atoms with Crippen molar-refractivity contribution in [2.45, 2.75) is 12.3 Å². The maximum absolute atomic E-state index is 12.9. The van der Waals surface area contributed by atoms with Gasteiger partial charge in [0.15, 0.2) is 10.4 Å². The van der Waals surface area contributed by atoms with Crippen LogP contribution in [-0.4, -0.2) is 11.7 Å². The van der Waals surface area contributed by atoms with E-state index < -0.39 is 24.7 Å².